The lowest BCUT2D eigenvalue weighted by atomic mass is 10.0. The molecule has 92 valence electrons. The molecule has 0 saturated heterocycles. The Hall–Kier alpha value is -2.90. The van der Waals surface area contributed by atoms with E-state index in [4.69, 9.17) is 11.5 Å². The second kappa shape index (κ2) is 3.84. The van der Waals surface area contributed by atoms with E-state index in [1.165, 1.54) is 18.2 Å². The van der Waals surface area contributed by atoms with E-state index in [-0.39, 0.29) is 16.8 Å². The SMILES string of the molecule is Nc1ccc2c([N+](=O)[O-])c([N+](=O)[O-])ccc2c1N. The number of benzene rings is 2. The summed E-state index contributed by atoms with van der Waals surface area (Å²) in [5, 5.41) is 22.2. The predicted octanol–water partition coefficient (Wildman–Crippen LogP) is 1.82. The van der Waals surface area contributed by atoms with Crippen LogP contribution < -0.4 is 11.5 Å². The van der Waals surface area contributed by atoms with Crippen LogP contribution in [0.15, 0.2) is 24.3 Å². The molecule has 2 rings (SSSR count). The van der Waals surface area contributed by atoms with Crippen molar-refractivity contribution in [1.82, 2.24) is 0 Å². The first kappa shape index (κ1) is 11.6. The highest BCUT2D eigenvalue weighted by Gasteiger charge is 2.27. The summed E-state index contributed by atoms with van der Waals surface area (Å²) < 4.78 is 0. The van der Waals surface area contributed by atoms with Gasteiger partial charge in [0.2, 0.25) is 0 Å². The summed E-state index contributed by atoms with van der Waals surface area (Å²) in [6, 6.07) is 5.14. The molecule has 0 aliphatic rings. The molecule has 0 radical (unpaired) electrons. The van der Waals surface area contributed by atoms with Gasteiger partial charge in [0.05, 0.1) is 26.6 Å². The van der Waals surface area contributed by atoms with Gasteiger partial charge in [-0.15, -0.1) is 0 Å². The molecule has 0 aliphatic carbocycles. The Kier molecular flexibility index (Phi) is 2.47. The number of nitrogens with zero attached hydrogens (tertiary/aromatic N) is 2. The summed E-state index contributed by atoms with van der Waals surface area (Å²) in [7, 11) is 0. The molecule has 0 spiro atoms. The molecule has 8 nitrogen and oxygen atoms in total. The first-order chi connectivity index (χ1) is 8.43. The second-order valence-corrected chi connectivity index (χ2v) is 3.61. The number of nitro benzene ring substituents is 2. The lowest BCUT2D eigenvalue weighted by Crippen LogP contribution is -2.00. The van der Waals surface area contributed by atoms with Crippen molar-refractivity contribution in [2.45, 2.75) is 0 Å². The maximum absolute atomic E-state index is 11.0. The van der Waals surface area contributed by atoms with Gasteiger partial charge in [0.15, 0.2) is 0 Å². The summed E-state index contributed by atoms with van der Waals surface area (Å²) in [6.45, 7) is 0. The molecular formula is C10H8N4O4. The number of nitrogens with two attached hydrogens (primary N) is 2. The van der Waals surface area contributed by atoms with Gasteiger partial charge >= 0.3 is 11.4 Å². The largest absolute Gasteiger partial charge is 0.397 e. The van der Waals surface area contributed by atoms with Crippen molar-refractivity contribution in [3.8, 4) is 0 Å². The zero-order chi connectivity index (χ0) is 13.4. The van der Waals surface area contributed by atoms with Crippen LogP contribution in [-0.4, -0.2) is 9.85 Å². The molecule has 0 unspecified atom stereocenters. The summed E-state index contributed by atoms with van der Waals surface area (Å²) in [6.07, 6.45) is 0. The van der Waals surface area contributed by atoms with Crippen molar-refractivity contribution in [2.24, 2.45) is 0 Å². The molecule has 8 heteroatoms. The summed E-state index contributed by atoms with van der Waals surface area (Å²) in [5.74, 6) is 0. The molecule has 0 atom stereocenters. The molecule has 18 heavy (non-hydrogen) atoms. The Bertz CT molecular complexity index is 683. The zero-order valence-corrected chi connectivity index (χ0v) is 8.99. The lowest BCUT2D eigenvalue weighted by Gasteiger charge is -2.05. The Morgan fingerprint density at radius 1 is 0.889 bits per heavy atom. The Labute approximate surface area is 100 Å². The first-order valence-corrected chi connectivity index (χ1v) is 4.83. The molecule has 0 heterocycles. The van der Waals surface area contributed by atoms with Crippen LogP contribution in [0.2, 0.25) is 0 Å². The molecule has 0 aromatic heterocycles. The van der Waals surface area contributed by atoms with E-state index < -0.39 is 21.2 Å². The molecule has 2 aromatic carbocycles. The van der Waals surface area contributed by atoms with E-state index in [0.29, 0.717) is 5.39 Å². The molecule has 0 saturated carbocycles. The van der Waals surface area contributed by atoms with Gasteiger partial charge in [0, 0.05) is 11.5 Å². The fourth-order valence-electron chi connectivity index (χ4n) is 1.76. The van der Waals surface area contributed by atoms with E-state index in [2.05, 4.69) is 0 Å². The van der Waals surface area contributed by atoms with Gasteiger partial charge in [-0.1, -0.05) is 0 Å². The van der Waals surface area contributed by atoms with E-state index in [1.807, 2.05) is 0 Å². The molecule has 0 amide bonds. The highest BCUT2D eigenvalue weighted by atomic mass is 16.6. The molecule has 4 N–H and O–H groups in total. The van der Waals surface area contributed by atoms with Crippen LogP contribution in [0.4, 0.5) is 22.7 Å². The van der Waals surface area contributed by atoms with Gasteiger partial charge in [-0.3, -0.25) is 20.2 Å². The Balaban J connectivity index is 2.96. The van der Waals surface area contributed by atoms with E-state index in [1.54, 1.807) is 0 Å². The molecule has 2 aromatic rings. The quantitative estimate of drug-likeness (QED) is 0.472. The van der Waals surface area contributed by atoms with Crippen molar-refractivity contribution in [3.05, 3.63) is 44.5 Å². The normalized spacial score (nSPS) is 10.4. The van der Waals surface area contributed by atoms with Gasteiger partial charge in [-0.25, -0.2) is 0 Å². The molecular weight excluding hydrogens is 240 g/mol. The van der Waals surface area contributed by atoms with E-state index >= 15 is 0 Å². The maximum Gasteiger partial charge on any atom is 0.353 e. The third kappa shape index (κ3) is 1.56. The number of hydrogen-bond acceptors (Lipinski definition) is 6. The Morgan fingerprint density at radius 3 is 2.06 bits per heavy atom. The minimum Gasteiger partial charge on any atom is -0.397 e. The van der Waals surface area contributed by atoms with Crippen LogP contribution in [0.3, 0.4) is 0 Å². The highest BCUT2D eigenvalue weighted by Crippen LogP contribution is 2.38. The lowest BCUT2D eigenvalue weighted by molar-refractivity contribution is -0.421. The smallest absolute Gasteiger partial charge is 0.353 e. The minimum atomic E-state index is -0.801. The van der Waals surface area contributed by atoms with Gasteiger partial charge < -0.3 is 11.5 Å². The van der Waals surface area contributed by atoms with Crippen molar-refractivity contribution >= 4 is 33.5 Å². The molecule has 0 bridgehead atoms. The Morgan fingerprint density at radius 2 is 1.50 bits per heavy atom. The average molecular weight is 248 g/mol. The number of nitrogen functional groups attached to an aromatic ring is 2. The number of hydrogen-bond donors (Lipinski definition) is 2. The number of nitro groups is 2. The van der Waals surface area contributed by atoms with Crippen LogP contribution >= 0.6 is 0 Å². The van der Waals surface area contributed by atoms with E-state index in [9.17, 15) is 20.2 Å². The maximum atomic E-state index is 11.0. The molecule has 0 aliphatic heterocycles. The monoisotopic (exact) mass is 248 g/mol. The van der Waals surface area contributed by atoms with Crippen LogP contribution in [-0.2, 0) is 0 Å². The van der Waals surface area contributed by atoms with Crippen LogP contribution in [0.5, 0.6) is 0 Å². The van der Waals surface area contributed by atoms with Gasteiger partial charge in [0.1, 0.15) is 0 Å². The van der Waals surface area contributed by atoms with Gasteiger partial charge in [0.25, 0.3) is 0 Å². The number of anilines is 2. The zero-order valence-electron chi connectivity index (χ0n) is 8.99. The number of fused-ring (bicyclic) bond motifs is 1. The fourth-order valence-corrected chi connectivity index (χ4v) is 1.76. The average Bonchev–Trinajstić information content (AvgIpc) is 2.32. The first-order valence-electron chi connectivity index (χ1n) is 4.83. The van der Waals surface area contributed by atoms with Gasteiger partial charge in [-0.2, -0.15) is 0 Å². The topological polar surface area (TPSA) is 138 Å². The summed E-state index contributed by atoms with van der Waals surface area (Å²) in [4.78, 5) is 20.1. The van der Waals surface area contributed by atoms with Gasteiger partial charge in [-0.05, 0) is 18.2 Å². The fraction of sp³-hybridized carbons (Fsp3) is 0. The third-order valence-electron chi connectivity index (χ3n) is 2.61. The summed E-state index contributed by atoms with van der Waals surface area (Å²) >= 11 is 0. The van der Waals surface area contributed by atoms with Crippen LogP contribution in [0, 0.1) is 20.2 Å². The van der Waals surface area contributed by atoms with Crippen molar-refractivity contribution in [3.63, 3.8) is 0 Å². The standard InChI is InChI=1S/C10H8N4O4/c11-7-3-1-6-5(9(7)12)2-4-8(13(15)16)10(6)14(17)18/h1-4H,11-12H2. The molecule has 0 fully saturated rings. The van der Waals surface area contributed by atoms with Crippen molar-refractivity contribution < 1.29 is 9.85 Å². The summed E-state index contributed by atoms with van der Waals surface area (Å²) in [5.41, 5.74) is 10.6. The predicted molar refractivity (Wildman–Crippen MR) is 66.1 cm³/mol. The van der Waals surface area contributed by atoms with Crippen molar-refractivity contribution in [1.29, 1.82) is 0 Å². The van der Waals surface area contributed by atoms with E-state index in [0.717, 1.165) is 6.07 Å². The van der Waals surface area contributed by atoms with Crippen LogP contribution in [0.1, 0.15) is 0 Å². The minimum absolute atomic E-state index is 0.0981. The van der Waals surface area contributed by atoms with Crippen molar-refractivity contribution in [2.75, 3.05) is 11.5 Å². The highest BCUT2D eigenvalue weighted by molar-refractivity contribution is 6.04. The third-order valence-corrected chi connectivity index (χ3v) is 2.61. The second-order valence-electron chi connectivity index (χ2n) is 3.61. The number of rotatable bonds is 2. The van der Waals surface area contributed by atoms with Crippen LogP contribution in [0.25, 0.3) is 10.8 Å².